The van der Waals surface area contributed by atoms with Crippen molar-refractivity contribution in [2.24, 2.45) is 5.92 Å². The summed E-state index contributed by atoms with van der Waals surface area (Å²) in [5.41, 5.74) is -0.862. The van der Waals surface area contributed by atoms with E-state index in [-0.39, 0.29) is 52.4 Å². The maximum absolute atomic E-state index is 13.2. The van der Waals surface area contributed by atoms with E-state index in [1.54, 1.807) is 6.92 Å². The molecule has 1 spiro atoms. The minimum atomic E-state index is -1.45. The summed E-state index contributed by atoms with van der Waals surface area (Å²) < 4.78 is 16.6. The van der Waals surface area contributed by atoms with Gasteiger partial charge in [0.25, 0.3) is 0 Å². The van der Waals surface area contributed by atoms with Crippen LogP contribution in [-0.4, -0.2) is 36.5 Å². The van der Waals surface area contributed by atoms with Gasteiger partial charge in [0.05, 0.1) is 25.8 Å². The third kappa shape index (κ3) is 2.06. The molecule has 1 aliphatic carbocycles. The van der Waals surface area contributed by atoms with E-state index in [1.807, 2.05) is 0 Å². The van der Waals surface area contributed by atoms with Crippen molar-refractivity contribution < 1.29 is 28.9 Å². The van der Waals surface area contributed by atoms with Crippen LogP contribution < -0.4 is 9.47 Å². The van der Waals surface area contributed by atoms with Crippen LogP contribution in [0.4, 0.5) is 0 Å². The standard InChI is InChI=1S/C17H17ClO6/c1-8-4-10(20)6-12(23-3)17(8)16(21)13-11(22-2)5-9(7-19)14(18)15(13)24-17/h5-6,8,19H,4,7H2,1-3H3/t8-,17+/m1/s1. The lowest BCUT2D eigenvalue weighted by atomic mass is 9.75. The van der Waals surface area contributed by atoms with E-state index in [0.29, 0.717) is 5.56 Å². The first kappa shape index (κ1) is 16.8. The van der Waals surface area contributed by atoms with Crippen LogP contribution in [-0.2, 0) is 16.1 Å². The predicted octanol–water partition coefficient (Wildman–Crippen LogP) is 2.29. The lowest BCUT2D eigenvalue weighted by Crippen LogP contribution is -2.51. The van der Waals surface area contributed by atoms with Gasteiger partial charge in [0, 0.05) is 24.0 Å². The van der Waals surface area contributed by atoms with Crippen molar-refractivity contribution in [1.29, 1.82) is 0 Å². The molecular formula is C17H17ClO6. The maximum atomic E-state index is 13.2. The van der Waals surface area contributed by atoms with Gasteiger partial charge < -0.3 is 19.3 Å². The zero-order valence-corrected chi connectivity index (χ0v) is 14.3. The van der Waals surface area contributed by atoms with Gasteiger partial charge in [-0.2, -0.15) is 0 Å². The summed E-state index contributed by atoms with van der Waals surface area (Å²) in [4.78, 5) is 25.1. The van der Waals surface area contributed by atoms with Crippen LogP contribution in [0.25, 0.3) is 0 Å². The molecule has 0 amide bonds. The molecule has 0 saturated heterocycles. The molecule has 0 unspecified atom stereocenters. The maximum Gasteiger partial charge on any atom is 0.231 e. The number of hydrogen-bond acceptors (Lipinski definition) is 6. The Kier molecular flexibility index (Phi) is 4.05. The Labute approximate surface area is 144 Å². The quantitative estimate of drug-likeness (QED) is 0.898. The molecule has 7 heteroatoms. The van der Waals surface area contributed by atoms with Crippen LogP contribution >= 0.6 is 11.6 Å². The zero-order chi connectivity index (χ0) is 17.6. The lowest BCUT2D eigenvalue weighted by Gasteiger charge is -2.36. The molecule has 1 aromatic carbocycles. The van der Waals surface area contributed by atoms with E-state index >= 15 is 0 Å². The van der Waals surface area contributed by atoms with E-state index in [9.17, 15) is 14.7 Å². The smallest absolute Gasteiger partial charge is 0.231 e. The fourth-order valence-corrected chi connectivity index (χ4v) is 3.59. The Bertz CT molecular complexity index is 769. The minimum Gasteiger partial charge on any atom is -0.496 e. The summed E-state index contributed by atoms with van der Waals surface area (Å²) >= 11 is 6.30. The number of benzene rings is 1. The summed E-state index contributed by atoms with van der Waals surface area (Å²) in [6.45, 7) is 1.43. The minimum absolute atomic E-state index is 0.133. The number of carbonyl (C=O) groups excluding carboxylic acids is 2. The van der Waals surface area contributed by atoms with Crippen LogP contribution in [0.2, 0.25) is 5.02 Å². The highest BCUT2D eigenvalue weighted by molar-refractivity contribution is 6.34. The highest BCUT2D eigenvalue weighted by Crippen LogP contribution is 2.52. The topological polar surface area (TPSA) is 82.1 Å². The number of allylic oxidation sites excluding steroid dienone is 1. The van der Waals surface area contributed by atoms with Crippen LogP contribution in [0.15, 0.2) is 17.9 Å². The fourth-order valence-electron chi connectivity index (χ4n) is 3.34. The average Bonchev–Trinajstić information content (AvgIpc) is 2.87. The molecular weight excluding hydrogens is 336 g/mol. The van der Waals surface area contributed by atoms with Crippen molar-refractivity contribution in [3.05, 3.63) is 34.1 Å². The summed E-state index contributed by atoms with van der Waals surface area (Å²) in [5, 5.41) is 9.61. The molecule has 6 nitrogen and oxygen atoms in total. The Morgan fingerprint density at radius 2 is 2.08 bits per heavy atom. The number of Topliss-reactive ketones (excluding diaryl/α,β-unsaturated/α-hetero) is 1. The molecule has 2 aliphatic rings. The Hall–Kier alpha value is -2.05. The highest BCUT2D eigenvalue weighted by Gasteiger charge is 2.59. The van der Waals surface area contributed by atoms with E-state index < -0.39 is 11.5 Å². The summed E-state index contributed by atoms with van der Waals surface area (Å²) in [7, 11) is 2.81. The van der Waals surface area contributed by atoms with Crippen molar-refractivity contribution in [3.8, 4) is 11.5 Å². The van der Waals surface area contributed by atoms with E-state index in [4.69, 9.17) is 25.8 Å². The number of aliphatic hydroxyl groups excluding tert-OH is 1. The Balaban J connectivity index is 2.26. The third-order valence-corrected chi connectivity index (χ3v) is 4.97. The van der Waals surface area contributed by atoms with Gasteiger partial charge in [-0.3, -0.25) is 9.59 Å². The van der Waals surface area contributed by atoms with E-state index in [1.165, 1.54) is 26.4 Å². The number of hydrogen-bond donors (Lipinski definition) is 1. The first-order valence-corrected chi connectivity index (χ1v) is 7.81. The fraction of sp³-hybridized carbons (Fsp3) is 0.412. The number of carbonyl (C=O) groups is 2. The zero-order valence-electron chi connectivity index (χ0n) is 13.5. The molecule has 3 rings (SSSR count). The molecule has 128 valence electrons. The molecule has 0 saturated carbocycles. The van der Waals surface area contributed by atoms with Crippen molar-refractivity contribution in [2.45, 2.75) is 25.6 Å². The second kappa shape index (κ2) is 5.79. The van der Waals surface area contributed by atoms with Crippen LogP contribution in [0.5, 0.6) is 11.5 Å². The number of fused-ring (bicyclic) bond motifs is 1. The Morgan fingerprint density at radius 3 is 2.67 bits per heavy atom. The third-order valence-electron chi connectivity index (χ3n) is 4.56. The van der Waals surface area contributed by atoms with Gasteiger partial charge >= 0.3 is 0 Å². The molecule has 24 heavy (non-hydrogen) atoms. The van der Waals surface area contributed by atoms with Crippen LogP contribution in [0, 0.1) is 5.92 Å². The van der Waals surface area contributed by atoms with E-state index in [0.717, 1.165) is 0 Å². The molecule has 1 heterocycles. The largest absolute Gasteiger partial charge is 0.496 e. The molecule has 0 bridgehead atoms. The van der Waals surface area contributed by atoms with Gasteiger partial charge in [-0.1, -0.05) is 18.5 Å². The molecule has 1 aliphatic heterocycles. The number of ether oxygens (including phenoxy) is 3. The molecule has 0 radical (unpaired) electrons. The van der Waals surface area contributed by atoms with Gasteiger partial charge in [-0.15, -0.1) is 0 Å². The average molecular weight is 353 g/mol. The van der Waals surface area contributed by atoms with Crippen molar-refractivity contribution in [2.75, 3.05) is 14.2 Å². The van der Waals surface area contributed by atoms with Gasteiger partial charge in [-0.05, 0) is 6.07 Å². The predicted molar refractivity (Wildman–Crippen MR) is 85.5 cm³/mol. The van der Waals surface area contributed by atoms with Crippen molar-refractivity contribution in [3.63, 3.8) is 0 Å². The molecule has 1 aromatic rings. The highest BCUT2D eigenvalue weighted by atomic mass is 35.5. The van der Waals surface area contributed by atoms with Crippen LogP contribution in [0.1, 0.15) is 29.3 Å². The monoisotopic (exact) mass is 352 g/mol. The first-order chi connectivity index (χ1) is 11.4. The second-order valence-electron chi connectivity index (χ2n) is 5.87. The SMILES string of the molecule is COC1=CC(=O)C[C@@H](C)[C@]12Oc1c(Cl)c(CO)cc(OC)c1C2=O. The van der Waals surface area contributed by atoms with Gasteiger partial charge in [-0.25, -0.2) is 0 Å². The molecule has 1 N–H and O–H groups in total. The first-order valence-electron chi connectivity index (χ1n) is 7.43. The number of methoxy groups -OCH3 is 2. The van der Waals surface area contributed by atoms with Crippen molar-refractivity contribution >= 4 is 23.2 Å². The summed E-state index contributed by atoms with van der Waals surface area (Å²) in [6, 6.07) is 1.51. The molecule has 0 aromatic heterocycles. The van der Waals surface area contributed by atoms with E-state index in [2.05, 4.69) is 0 Å². The summed E-state index contributed by atoms with van der Waals surface area (Å²) in [5.74, 6) is -0.381. The Morgan fingerprint density at radius 1 is 1.38 bits per heavy atom. The second-order valence-corrected chi connectivity index (χ2v) is 6.24. The lowest BCUT2D eigenvalue weighted by molar-refractivity contribution is -0.118. The molecule has 0 fully saturated rings. The number of ketones is 2. The number of aliphatic hydroxyl groups is 1. The van der Waals surface area contributed by atoms with Gasteiger partial charge in [0.2, 0.25) is 11.4 Å². The van der Waals surface area contributed by atoms with Gasteiger partial charge in [0.15, 0.2) is 17.3 Å². The van der Waals surface area contributed by atoms with Crippen LogP contribution in [0.3, 0.4) is 0 Å². The van der Waals surface area contributed by atoms with Crippen molar-refractivity contribution in [1.82, 2.24) is 0 Å². The summed E-state index contributed by atoms with van der Waals surface area (Å²) in [6.07, 6.45) is 1.44. The number of halogens is 1. The normalized spacial score (nSPS) is 25.4. The molecule has 2 atom stereocenters. The number of rotatable bonds is 3. The van der Waals surface area contributed by atoms with Gasteiger partial charge in [0.1, 0.15) is 11.3 Å².